The molecule has 0 saturated carbocycles. The maximum atomic E-state index is 13.4. The second-order valence-corrected chi connectivity index (χ2v) is 4.53. The monoisotopic (exact) mass is 280 g/mol. The lowest BCUT2D eigenvalue weighted by Gasteiger charge is -2.05. The van der Waals surface area contributed by atoms with Crippen molar-refractivity contribution in [3.8, 4) is 6.07 Å². The molecule has 0 fully saturated rings. The van der Waals surface area contributed by atoms with Crippen LogP contribution in [0.1, 0.15) is 11.1 Å². The Hall–Kier alpha value is -3.07. The first-order chi connectivity index (χ1) is 10.2. The van der Waals surface area contributed by atoms with E-state index >= 15 is 0 Å². The molecular weight excluding hydrogens is 271 g/mol. The van der Waals surface area contributed by atoms with Gasteiger partial charge in [-0.3, -0.25) is 4.79 Å². The normalized spacial score (nSPS) is 10.5. The molecule has 0 atom stereocenters. The highest BCUT2D eigenvalue weighted by Gasteiger charge is 2.07. The van der Waals surface area contributed by atoms with Gasteiger partial charge in [0.25, 0.3) is 5.56 Å². The molecule has 21 heavy (non-hydrogen) atoms. The summed E-state index contributed by atoms with van der Waals surface area (Å²) in [5.74, 6) is -0.522. The predicted octanol–water partition coefficient (Wildman–Crippen LogP) is 1.85. The molecular formula is C15H9FN4O. The number of hydrogen-bond acceptors (Lipinski definition) is 4. The average Bonchev–Trinajstić information content (AvgIpc) is 2.50. The molecule has 0 spiro atoms. The van der Waals surface area contributed by atoms with Gasteiger partial charge in [0.2, 0.25) is 0 Å². The van der Waals surface area contributed by atoms with Crippen LogP contribution in [0.3, 0.4) is 0 Å². The molecule has 2 aromatic carbocycles. The largest absolute Gasteiger partial charge is 0.277 e. The quantitative estimate of drug-likeness (QED) is 0.718. The Labute approximate surface area is 118 Å². The zero-order valence-electron chi connectivity index (χ0n) is 10.8. The van der Waals surface area contributed by atoms with Crippen molar-refractivity contribution in [2.75, 3.05) is 0 Å². The molecule has 0 aliphatic carbocycles. The van der Waals surface area contributed by atoms with Gasteiger partial charge in [-0.15, -0.1) is 5.10 Å². The summed E-state index contributed by atoms with van der Waals surface area (Å²) in [4.78, 5) is 12.3. The number of fused-ring (bicyclic) bond motifs is 1. The van der Waals surface area contributed by atoms with E-state index in [1.54, 1.807) is 24.3 Å². The van der Waals surface area contributed by atoms with E-state index in [4.69, 9.17) is 5.26 Å². The minimum Gasteiger partial charge on any atom is -0.267 e. The highest BCUT2D eigenvalue weighted by Crippen LogP contribution is 2.10. The molecule has 3 rings (SSSR count). The molecule has 5 nitrogen and oxygen atoms in total. The van der Waals surface area contributed by atoms with Crippen LogP contribution in [-0.4, -0.2) is 15.0 Å². The summed E-state index contributed by atoms with van der Waals surface area (Å²) in [5, 5.41) is 17.1. The highest BCUT2D eigenvalue weighted by atomic mass is 19.1. The summed E-state index contributed by atoms with van der Waals surface area (Å²) in [6.07, 6.45) is 0. The lowest BCUT2D eigenvalue weighted by molar-refractivity contribution is 0.590. The first-order valence-corrected chi connectivity index (χ1v) is 6.19. The first-order valence-electron chi connectivity index (χ1n) is 6.19. The van der Waals surface area contributed by atoms with Crippen LogP contribution in [0.25, 0.3) is 10.9 Å². The molecule has 0 amide bonds. The number of rotatable bonds is 2. The van der Waals surface area contributed by atoms with Gasteiger partial charge in [0.15, 0.2) is 0 Å². The summed E-state index contributed by atoms with van der Waals surface area (Å²) in [6, 6.07) is 12.7. The van der Waals surface area contributed by atoms with E-state index in [1.165, 1.54) is 12.1 Å². The second-order valence-electron chi connectivity index (χ2n) is 4.53. The number of aromatic nitrogens is 3. The Balaban J connectivity index is 2.07. The van der Waals surface area contributed by atoms with Crippen LogP contribution in [0.4, 0.5) is 4.39 Å². The molecule has 3 aromatic rings. The van der Waals surface area contributed by atoms with Crippen molar-refractivity contribution in [2.45, 2.75) is 6.54 Å². The van der Waals surface area contributed by atoms with Gasteiger partial charge in [-0.1, -0.05) is 17.3 Å². The number of nitrogens with zero attached hydrogens (tertiary/aromatic N) is 4. The van der Waals surface area contributed by atoms with Crippen LogP contribution in [0.2, 0.25) is 0 Å². The molecule has 0 unspecified atom stereocenters. The van der Waals surface area contributed by atoms with Gasteiger partial charge in [0, 0.05) is 0 Å². The van der Waals surface area contributed by atoms with Gasteiger partial charge in [-0.05, 0) is 35.9 Å². The molecule has 0 saturated heterocycles. The third kappa shape index (κ3) is 2.49. The Kier molecular flexibility index (Phi) is 3.16. The third-order valence-electron chi connectivity index (χ3n) is 3.05. The number of nitriles is 1. The number of halogens is 1. The molecule has 0 bridgehead atoms. The van der Waals surface area contributed by atoms with E-state index in [-0.39, 0.29) is 17.7 Å². The van der Waals surface area contributed by atoms with Crippen LogP contribution in [0, 0.1) is 17.1 Å². The molecule has 1 aromatic heterocycles. The van der Waals surface area contributed by atoms with Crippen LogP contribution < -0.4 is 5.56 Å². The zero-order valence-corrected chi connectivity index (χ0v) is 10.8. The Morgan fingerprint density at radius 1 is 1.24 bits per heavy atom. The minimum atomic E-state index is -0.522. The van der Waals surface area contributed by atoms with Crippen molar-refractivity contribution < 1.29 is 4.39 Å². The van der Waals surface area contributed by atoms with Crippen molar-refractivity contribution in [2.24, 2.45) is 0 Å². The van der Waals surface area contributed by atoms with Crippen LogP contribution >= 0.6 is 0 Å². The summed E-state index contributed by atoms with van der Waals surface area (Å²) in [7, 11) is 0. The Morgan fingerprint density at radius 2 is 2.05 bits per heavy atom. The van der Waals surface area contributed by atoms with Gasteiger partial charge in [-0.2, -0.15) is 5.26 Å². The zero-order chi connectivity index (χ0) is 14.8. The van der Waals surface area contributed by atoms with E-state index in [0.29, 0.717) is 16.5 Å². The molecule has 0 aliphatic heterocycles. The molecule has 102 valence electrons. The van der Waals surface area contributed by atoms with Crippen molar-refractivity contribution in [1.82, 2.24) is 15.0 Å². The van der Waals surface area contributed by atoms with Crippen molar-refractivity contribution in [1.29, 1.82) is 5.26 Å². The molecule has 1 heterocycles. The van der Waals surface area contributed by atoms with E-state index in [9.17, 15) is 9.18 Å². The fourth-order valence-corrected chi connectivity index (χ4v) is 2.11. The SMILES string of the molecule is N#Cc1cc(F)cc(Cn2nnc3ccccc3c2=O)c1. The van der Waals surface area contributed by atoms with Crippen molar-refractivity contribution in [3.05, 3.63) is 69.8 Å². The predicted molar refractivity (Wildman–Crippen MR) is 74.0 cm³/mol. The Morgan fingerprint density at radius 3 is 2.86 bits per heavy atom. The van der Waals surface area contributed by atoms with E-state index in [0.717, 1.165) is 10.7 Å². The summed E-state index contributed by atoms with van der Waals surface area (Å²) in [5.41, 5.74) is 0.893. The fourth-order valence-electron chi connectivity index (χ4n) is 2.11. The minimum absolute atomic E-state index is 0.0586. The van der Waals surface area contributed by atoms with Gasteiger partial charge in [-0.25, -0.2) is 9.07 Å². The second kappa shape index (κ2) is 5.13. The van der Waals surface area contributed by atoms with Gasteiger partial charge < -0.3 is 0 Å². The van der Waals surface area contributed by atoms with E-state index < -0.39 is 5.82 Å². The number of benzene rings is 2. The van der Waals surface area contributed by atoms with Gasteiger partial charge >= 0.3 is 0 Å². The lowest BCUT2D eigenvalue weighted by atomic mass is 10.1. The van der Waals surface area contributed by atoms with E-state index in [1.807, 2.05) is 6.07 Å². The summed E-state index contributed by atoms with van der Waals surface area (Å²) < 4.78 is 14.5. The first kappa shape index (κ1) is 12.9. The maximum absolute atomic E-state index is 13.4. The highest BCUT2D eigenvalue weighted by molar-refractivity contribution is 5.76. The topological polar surface area (TPSA) is 71.6 Å². The summed E-state index contributed by atoms with van der Waals surface area (Å²) >= 11 is 0. The fraction of sp³-hybridized carbons (Fsp3) is 0.0667. The molecule has 0 radical (unpaired) electrons. The van der Waals surface area contributed by atoms with Crippen LogP contribution in [-0.2, 0) is 6.54 Å². The molecule has 6 heteroatoms. The Bertz CT molecular complexity index is 927. The standard InChI is InChI=1S/C15H9FN4O/c16-12-6-10(8-17)5-11(7-12)9-20-15(21)13-3-1-2-4-14(13)18-19-20/h1-7H,9H2. The summed E-state index contributed by atoms with van der Waals surface area (Å²) in [6.45, 7) is 0.0586. The van der Waals surface area contributed by atoms with Crippen LogP contribution in [0.5, 0.6) is 0 Å². The average molecular weight is 280 g/mol. The van der Waals surface area contributed by atoms with Crippen LogP contribution in [0.15, 0.2) is 47.3 Å². The van der Waals surface area contributed by atoms with Crippen molar-refractivity contribution in [3.63, 3.8) is 0 Å². The van der Waals surface area contributed by atoms with E-state index in [2.05, 4.69) is 10.3 Å². The third-order valence-corrected chi connectivity index (χ3v) is 3.05. The molecule has 0 N–H and O–H groups in total. The van der Waals surface area contributed by atoms with Gasteiger partial charge in [0.05, 0.1) is 23.6 Å². The molecule has 0 aliphatic rings. The smallest absolute Gasteiger partial charge is 0.267 e. The van der Waals surface area contributed by atoms with Gasteiger partial charge in [0.1, 0.15) is 11.3 Å². The number of hydrogen-bond donors (Lipinski definition) is 0. The lowest BCUT2D eigenvalue weighted by Crippen LogP contribution is -2.24. The van der Waals surface area contributed by atoms with Crippen molar-refractivity contribution >= 4 is 10.9 Å². The maximum Gasteiger partial charge on any atom is 0.277 e.